The number of nitrogens with zero attached hydrogens (tertiary/aromatic N) is 1. The van der Waals surface area contributed by atoms with Gasteiger partial charge in [0.2, 0.25) is 0 Å². The molecule has 0 spiro atoms. The highest BCUT2D eigenvalue weighted by Gasteiger charge is 2.18. The standard InChI is InChI=1S/C14H19NO4/c1-4-14(2,3)19-13(17)9-6-5-8-12(16)18-11-7-10-15/h1H,5-9,11H2,2-3H3. The molecule has 0 saturated carbocycles. The fourth-order valence-corrected chi connectivity index (χ4v) is 1.19. The van der Waals surface area contributed by atoms with Crippen LogP contribution in [-0.2, 0) is 19.1 Å². The van der Waals surface area contributed by atoms with Crippen molar-refractivity contribution in [1.29, 1.82) is 5.26 Å². The molecule has 0 heterocycles. The van der Waals surface area contributed by atoms with Crippen LogP contribution in [0.25, 0.3) is 0 Å². The van der Waals surface area contributed by atoms with E-state index in [0.717, 1.165) is 0 Å². The number of terminal acetylenes is 1. The summed E-state index contributed by atoms with van der Waals surface area (Å²) in [7, 11) is 0. The fourth-order valence-electron chi connectivity index (χ4n) is 1.19. The summed E-state index contributed by atoms with van der Waals surface area (Å²) in [6.07, 6.45) is 6.91. The predicted molar refractivity (Wildman–Crippen MR) is 68.7 cm³/mol. The Morgan fingerprint density at radius 2 is 1.79 bits per heavy atom. The number of ether oxygens (including phenoxy) is 2. The number of hydrogen-bond acceptors (Lipinski definition) is 5. The van der Waals surface area contributed by atoms with Gasteiger partial charge in [-0.15, -0.1) is 6.42 Å². The summed E-state index contributed by atoms with van der Waals surface area (Å²) < 4.78 is 9.83. The molecule has 0 fully saturated rings. The van der Waals surface area contributed by atoms with Gasteiger partial charge >= 0.3 is 11.9 Å². The zero-order valence-corrected chi connectivity index (χ0v) is 11.4. The van der Waals surface area contributed by atoms with Crippen molar-refractivity contribution in [2.24, 2.45) is 0 Å². The van der Waals surface area contributed by atoms with Crippen molar-refractivity contribution >= 4 is 11.9 Å². The van der Waals surface area contributed by atoms with E-state index in [0.29, 0.717) is 12.8 Å². The van der Waals surface area contributed by atoms with Crippen LogP contribution in [0, 0.1) is 23.7 Å². The van der Waals surface area contributed by atoms with Gasteiger partial charge in [-0.2, -0.15) is 5.26 Å². The Morgan fingerprint density at radius 3 is 2.32 bits per heavy atom. The quantitative estimate of drug-likeness (QED) is 0.381. The fraction of sp³-hybridized carbons (Fsp3) is 0.643. The topological polar surface area (TPSA) is 76.4 Å². The molecular weight excluding hydrogens is 246 g/mol. The van der Waals surface area contributed by atoms with Crippen molar-refractivity contribution in [2.75, 3.05) is 6.61 Å². The number of esters is 2. The maximum absolute atomic E-state index is 11.4. The largest absolute Gasteiger partial charge is 0.465 e. The molecule has 5 heteroatoms. The summed E-state index contributed by atoms with van der Waals surface area (Å²) in [5.74, 6) is 1.64. The molecule has 0 aliphatic carbocycles. The molecule has 0 unspecified atom stereocenters. The van der Waals surface area contributed by atoms with Gasteiger partial charge in [-0.3, -0.25) is 9.59 Å². The molecule has 0 aromatic heterocycles. The molecular formula is C14H19NO4. The van der Waals surface area contributed by atoms with Crippen LogP contribution in [0.2, 0.25) is 0 Å². The van der Waals surface area contributed by atoms with E-state index in [-0.39, 0.29) is 37.8 Å². The van der Waals surface area contributed by atoms with Gasteiger partial charge in [-0.25, -0.2) is 0 Å². The molecule has 0 aliphatic heterocycles. The average Bonchev–Trinajstić information content (AvgIpc) is 2.34. The van der Waals surface area contributed by atoms with Crippen molar-refractivity contribution in [3.63, 3.8) is 0 Å². The number of hydrogen-bond donors (Lipinski definition) is 0. The highest BCUT2D eigenvalue weighted by Crippen LogP contribution is 2.10. The first-order valence-electron chi connectivity index (χ1n) is 6.13. The van der Waals surface area contributed by atoms with Crippen LogP contribution in [0.3, 0.4) is 0 Å². The molecule has 0 saturated heterocycles. The molecule has 0 atom stereocenters. The Morgan fingerprint density at radius 1 is 1.21 bits per heavy atom. The van der Waals surface area contributed by atoms with Crippen LogP contribution in [-0.4, -0.2) is 24.1 Å². The molecule has 0 radical (unpaired) electrons. The van der Waals surface area contributed by atoms with Crippen molar-refractivity contribution in [2.45, 2.75) is 51.6 Å². The highest BCUT2D eigenvalue weighted by atomic mass is 16.6. The Labute approximate surface area is 113 Å². The first-order chi connectivity index (χ1) is 8.91. The molecule has 0 aliphatic rings. The van der Waals surface area contributed by atoms with Crippen molar-refractivity contribution in [1.82, 2.24) is 0 Å². The minimum atomic E-state index is -0.896. The molecule has 0 aromatic carbocycles. The summed E-state index contributed by atoms with van der Waals surface area (Å²) in [5, 5.41) is 8.26. The van der Waals surface area contributed by atoms with Gasteiger partial charge in [0.1, 0.15) is 6.61 Å². The Balaban J connectivity index is 3.65. The van der Waals surface area contributed by atoms with Crippen LogP contribution >= 0.6 is 0 Å². The number of carbonyl (C=O) groups excluding carboxylic acids is 2. The third-order valence-corrected chi connectivity index (χ3v) is 2.21. The van der Waals surface area contributed by atoms with Crippen molar-refractivity contribution in [3.8, 4) is 18.4 Å². The number of rotatable bonds is 8. The smallest absolute Gasteiger partial charge is 0.307 e. The molecule has 5 nitrogen and oxygen atoms in total. The van der Waals surface area contributed by atoms with Crippen LogP contribution in [0.1, 0.15) is 46.0 Å². The maximum atomic E-state index is 11.4. The molecule has 0 aromatic rings. The summed E-state index contributed by atoms with van der Waals surface area (Å²) in [6, 6.07) is 1.88. The van der Waals surface area contributed by atoms with E-state index in [1.54, 1.807) is 13.8 Å². The summed E-state index contributed by atoms with van der Waals surface area (Å²) in [6.45, 7) is 3.39. The Hall–Kier alpha value is -2.01. The lowest BCUT2D eigenvalue weighted by molar-refractivity contribution is -0.152. The van der Waals surface area contributed by atoms with Gasteiger partial charge in [-0.05, 0) is 26.7 Å². The van der Waals surface area contributed by atoms with E-state index in [9.17, 15) is 9.59 Å². The molecule has 104 valence electrons. The second-order valence-electron chi connectivity index (χ2n) is 4.46. The third-order valence-electron chi connectivity index (χ3n) is 2.21. The SMILES string of the molecule is C#CC(C)(C)OC(=O)CCCCC(=O)OCCC#N. The lowest BCUT2D eigenvalue weighted by Crippen LogP contribution is -2.25. The number of carbonyl (C=O) groups is 2. The highest BCUT2D eigenvalue weighted by molar-refractivity contribution is 5.71. The van der Waals surface area contributed by atoms with Crippen molar-refractivity contribution < 1.29 is 19.1 Å². The average molecular weight is 265 g/mol. The second-order valence-corrected chi connectivity index (χ2v) is 4.46. The van der Waals surface area contributed by atoms with Gasteiger partial charge in [-0.1, -0.05) is 5.92 Å². The normalized spacial score (nSPS) is 10.1. The van der Waals surface area contributed by atoms with E-state index in [1.165, 1.54) is 0 Å². The van der Waals surface area contributed by atoms with Crippen LogP contribution < -0.4 is 0 Å². The minimum absolute atomic E-state index is 0.119. The van der Waals surface area contributed by atoms with Gasteiger partial charge in [0, 0.05) is 12.8 Å². The molecule has 19 heavy (non-hydrogen) atoms. The number of unbranched alkanes of at least 4 members (excludes halogenated alkanes) is 1. The summed E-state index contributed by atoms with van der Waals surface area (Å²) >= 11 is 0. The molecule has 0 N–H and O–H groups in total. The third kappa shape index (κ3) is 9.67. The first kappa shape index (κ1) is 17.0. The van der Waals surface area contributed by atoms with E-state index in [2.05, 4.69) is 5.92 Å². The van der Waals surface area contributed by atoms with E-state index >= 15 is 0 Å². The van der Waals surface area contributed by atoms with Gasteiger partial charge in [0.25, 0.3) is 0 Å². The lowest BCUT2D eigenvalue weighted by atomic mass is 10.1. The van der Waals surface area contributed by atoms with Crippen LogP contribution in [0.15, 0.2) is 0 Å². The predicted octanol–water partition coefficient (Wildman–Crippen LogP) is 1.96. The van der Waals surface area contributed by atoms with Gasteiger partial charge < -0.3 is 9.47 Å². The maximum Gasteiger partial charge on any atom is 0.307 e. The van der Waals surface area contributed by atoms with Gasteiger partial charge in [0.05, 0.1) is 12.5 Å². The lowest BCUT2D eigenvalue weighted by Gasteiger charge is -2.18. The Bertz CT molecular complexity index is 387. The van der Waals surface area contributed by atoms with Crippen molar-refractivity contribution in [3.05, 3.63) is 0 Å². The molecule has 0 bridgehead atoms. The van der Waals surface area contributed by atoms with Gasteiger partial charge in [0.15, 0.2) is 5.60 Å². The zero-order valence-electron chi connectivity index (χ0n) is 11.4. The summed E-state index contributed by atoms with van der Waals surface area (Å²) in [4.78, 5) is 22.6. The van der Waals surface area contributed by atoms with E-state index in [4.69, 9.17) is 21.2 Å². The van der Waals surface area contributed by atoms with Crippen LogP contribution in [0.5, 0.6) is 0 Å². The first-order valence-corrected chi connectivity index (χ1v) is 6.13. The molecule has 0 rings (SSSR count). The Kier molecular flexibility index (Phi) is 8.04. The van der Waals surface area contributed by atoms with E-state index in [1.807, 2.05) is 6.07 Å². The van der Waals surface area contributed by atoms with Crippen LogP contribution in [0.4, 0.5) is 0 Å². The second kappa shape index (κ2) is 8.99. The summed E-state index contributed by atoms with van der Waals surface area (Å²) in [5.41, 5.74) is -0.896. The molecule has 0 amide bonds. The minimum Gasteiger partial charge on any atom is -0.465 e. The number of nitriles is 1. The van der Waals surface area contributed by atoms with E-state index < -0.39 is 5.60 Å². The monoisotopic (exact) mass is 265 g/mol. The zero-order chi connectivity index (χ0) is 14.7.